The number of carboxylic acids is 1. The summed E-state index contributed by atoms with van der Waals surface area (Å²) in [5, 5.41) is 27.0. The minimum absolute atomic E-state index is 0.00433. The topological polar surface area (TPSA) is 111 Å². The van der Waals surface area contributed by atoms with Gasteiger partial charge in [-0.25, -0.2) is 4.79 Å². The molecule has 0 saturated heterocycles. The van der Waals surface area contributed by atoms with Crippen LogP contribution in [0.15, 0.2) is 71.9 Å². The molecule has 0 fully saturated rings. The predicted molar refractivity (Wildman–Crippen MR) is 114 cm³/mol. The van der Waals surface area contributed by atoms with Crippen molar-refractivity contribution in [2.45, 2.75) is 0 Å². The second-order valence-electron chi connectivity index (χ2n) is 6.03. The fraction of sp³-hybridized carbons (Fsp3) is 0. The normalized spacial score (nSPS) is 10.8. The number of carbonyl (C=O) groups is 2. The number of anilines is 2. The first kappa shape index (κ1) is 19.9. The number of rotatable bonds is 6. The van der Waals surface area contributed by atoms with Gasteiger partial charge in [0, 0.05) is 5.39 Å². The van der Waals surface area contributed by atoms with Gasteiger partial charge in [-0.3, -0.25) is 10.2 Å². The Morgan fingerprint density at radius 2 is 1.86 bits per heavy atom. The van der Waals surface area contributed by atoms with Crippen LogP contribution in [0.1, 0.15) is 10.4 Å². The Labute approximate surface area is 170 Å². The Bertz CT molecular complexity index is 1160. The van der Waals surface area contributed by atoms with E-state index >= 15 is 0 Å². The number of carbonyl (C=O) groups excluding carboxylic acids is 1. The van der Waals surface area contributed by atoms with E-state index in [1.165, 1.54) is 24.4 Å². The first-order valence-electron chi connectivity index (χ1n) is 8.39. The van der Waals surface area contributed by atoms with Crippen LogP contribution in [-0.4, -0.2) is 28.3 Å². The number of hydrogen-bond acceptors (Lipinski definition) is 5. The minimum atomic E-state index is -1.15. The highest BCUT2D eigenvalue weighted by Crippen LogP contribution is 2.33. The number of aromatic hydroxyl groups is 1. The zero-order chi connectivity index (χ0) is 21.0. The molecule has 0 heterocycles. The van der Waals surface area contributed by atoms with E-state index in [9.17, 15) is 14.7 Å². The smallest absolute Gasteiger partial charge is 0.337 e. The van der Waals surface area contributed by atoms with Crippen molar-refractivity contribution < 1.29 is 19.8 Å². The van der Waals surface area contributed by atoms with Crippen molar-refractivity contribution in [3.8, 4) is 5.75 Å². The quantitative estimate of drug-likeness (QED) is 0.272. The van der Waals surface area contributed by atoms with Crippen LogP contribution in [0.25, 0.3) is 10.8 Å². The molecule has 4 N–H and O–H groups in total. The number of halogens is 1. The van der Waals surface area contributed by atoms with Crippen molar-refractivity contribution in [3.63, 3.8) is 0 Å². The van der Waals surface area contributed by atoms with E-state index in [-0.39, 0.29) is 27.6 Å². The van der Waals surface area contributed by atoms with Crippen LogP contribution in [-0.2, 0) is 4.79 Å². The van der Waals surface area contributed by atoms with Gasteiger partial charge in [-0.15, -0.1) is 0 Å². The predicted octanol–water partition coefficient (Wildman–Crippen LogP) is 4.49. The molecule has 0 saturated carbocycles. The van der Waals surface area contributed by atoms with Gasteiger partial charge in [0.2, 0.25) is 0 Å². The van der Waals surface area contributed by atoms with Crippen LogP contribution in [0.2, 0.25) is 5.02 Å². The maximum absolute atomic E-state index is 12.2. The van der Waals surface area contributed by atoms with Crippen molar-refractivity contribution in [1.29, 1.82) is 0 Å². The number of hydrazone groups is 1. The van der Waals surface area contributed by atoms with Crippen LogP contribution in [0.5, 0.6) is 5.75 Å². The van der Waals surface area contributed by atoms with E-state index in [0.29, 0.717) is 11.1 Å². The minimum Gasteiger partial charge on any atom is -0.506 e. The van der Waals surface area contributed by atoms with E-state index in [4.69, 9.17) is 16.7 Å². The third kappa shape index (κ3) is 4.53. The van der Waals surface area contributed by atoms with Gasteiger partial charge in [0.25, 0.3) is 5.91 Å². The average Bonchev–Trinajstić information content (AvgIpc) is 2.71. The molecular formula is C21H16ClN3O4. The van der Waals surface area contributed by atoms with Crippen LogP contribution >= 0.6 is 11.6 Å². The largest absolute Gasteiger partial charge is 0.506 e. The summed E-state index contributed by atoms with van der Waals surface area (Å²) >= 11 is 6.06. The summed E-state index contributed by atoms with van der Waals surface area (Å²) in [7, 11) is 0. The number of benzene rings is 3. The molecule has 0 aliphatic heterocycles. The first-order chi connectivity index (χ1) is 13.9. The van der Waals surface area contributed by atoms with Gasteiger partial charge in [-0.2, -0.15) is 5.10 Å². The number of phenolic OH excluding ortho intramolecular Hbond substituents is 1. The maximum Gasteiger partial charge on any atom is 0.337 e. The summed E-state index contributed by atoms with van der Waals surface area (Å²) in [5.41, 5.74) is 3.60. The second kappa shape index (κ2) is 8.45. The zero-order valence-electron chi connectivity index (χ0n) is 15.0. The van der Waals surface area contributed by atoms with Gasteiger partial charge in [-0.05, 0) is 35.7 Å². The van der Waals surface area contributed by atoms with E-state index in [1.54, 1.807) is 36.4 Å². The van der Waals surface area contributed by atoms with E-state index in [1.807, 2.05) is 0 Å². The number of aromatic carboxylic acids is 1. The molecule has 3 aromatic rings. The van der Waals surface area contributed by atoms with Gasteiger partial charge < -0.3 is 15.5 Å². The lowest BCUT2D eigenvalue weighted by Gasteiger charge is -2.08. The van der Waals surface area contributed by atoms with Crippen molar-refractivity contribution >= 4 is 51.8 Å². The number of nitrogens with zero attached hydrogens (tertiary/aromatic N) is 1. The summed E-state index contributed by atoms with van der Waals surface area (Å²) in [4.78, 5) is 23.4. The Hall–Kier alpha value is -3.84. The molecule has 0 spiro atoms. The highest BCUT2D eigenvalue weighted by atomic mass is 35.5. The van der Waals surface area contributed by atoms with Crippen molar-refractivity contribution in [3.05, 3.63) is 77.3 Å². The van der Waals surface area contributed by atoms with Crippen LogP contribution in [0, 0.1) is 0 Å². The molecule has 0 aliphatic rings. The van der Waals surface area contributed by atoms with Crippen LogP contribution in [0.4, 0.5) is 11.4 Å². The van der Waals surface area contributed by atoms with Crippen LogP contribution < -0.4 is 10.7 Å². The van der Waals surface area contributed by atoms with Crippen LogP contribution in [0.3, 0.4) is 0 Å². The number of nitrogens with one attached hydrogen (secondary N) is 2. The number of carboxylic acid groups (broad SMARTS) is 1. The molecule has 1 amide bonds. The molecule has 3 aromatic carbocycles. The molecule has 8 heteroatoms. The van der Waals surface area contributed by atoms with Gasteiger partial charge in [-0.1, -0.05) is 42.4 Å². The molecule has 0 bridgehead atoms. The number of amides is 1. The fourth-order valence-corrected chi connectivity index (χ4v) is 2.81. The molecule has 7 nitrogen and oxygen atoms in total. The molecule has 0 unspecified atom stereocenters. The van der Waals surface area contributed by atoms with E-state index < -0.39 is 11.9 Å². The maximum atomic E-state index is 12.2. The van der Waals surface area contributed by atoms with Gasteiger partial charge in [0.15, 0.2) is 0 Å². The summed E-state index contributed by atoms with van der Waals surface area (Å²) in [6.45, 7) is 3.63. The SMILES string of the molecule is C=C(/C=N\Nc1ccc2c(Cl)c(O)ccc2c1)C(=O)Nc1ccccc1C(=O)O. The van der Waals surface area contributed by atoms with Gasteiger partial charge >= 0.3 is 5.97 Å². The lowest BCUT2D eigenvalue weighted by atomic mass is 10.1. The number of phenols is 1. The number of para-hydroxylation sites is 1. The van der Waals surface area contributed by atoms with Crippen molar-refractivity contribution in [2.24, 2.45) is 5.10 Å². The van der Waals surface area contributed by atoms with Gasteiger partial charge in [0.1, 0.15) is 5.75 Å². The van der Waals surface area contributed by atoms with Crippen molar-refractivity contribution in [2.75, 3.05) is 10.7 Å². The first-order valence-corrected chi connectivity index (χ1v) is 8.77. The highest BCUT2D eigenvalue weighted by molar-refractivity contribution is 6.37. The van der Waals surface area contributed by atoms with Gasteiger partial charge in [0.05, 0.1) is 33.7 Å². The van der Waals surface area contributed by atoms with E-state index in [0.717, 1.165) is 5.39 Å². The monoisotopic (exact) mass is 409 g/mol. The molecule has 0 atom stereocenters. The lowest BCUT2D eigenvalue weighted by molar-refractivity contribution is -0.112. The third-order valence-corrected chi connectivity index (χ3v) is 4.44. The zero-order valence-corrected chi connectivity index (χ0v) is 15.8. The third-order valence-electron chi connectivity index (χ3n) is 4.05. The summed E-state index contributed by atoms with van der Waals surface area (Å²) in [6.07, 6.45) is 1.23. The standard InChI is InChI=1S/C21H16ClN3O4/c1-12(20(27)24-17-5-3-2-4-16(17)21(28)29)11-23-25-14-7-8-15-13(10-14)6-9-18(26)19(15)22/h2-11,25-26H,1H2,(H,24,27)(H,28,29)/b23-11-. The average molecular weight is 410 g/mol. The number of fused-ring (bicyclic) bond motifs is 1. The second-order valence-corrected chi connectivity index (χ2v) is 6.41. The highest BCUT2D eigenvalue weighted by Gasteiger charge is 2.12. The Balaban J connectivity index is 1.66. The fourth-order valence-electron chi connectivity index (χ4n) is 2.57. The molecule has 0 aromatic heterocycles. The molecule has 0 aliphatic carbocycles. The van der Waals surface area contributed by atoms with E-state index in [2.05, 4.69) is 22.4 Å². The van der Waals surface area contributed by atoms with Crippen molar-refractivity contribution in [1.82, 2.24) is 0 Å². The Kier molecular flexibility index (Phi) is 5.80. The lowest BCUT2D eigenvalue weighted by Crippen LogP contribution is -2.17. The Morgan fingerprint density at radius 1 is 1.10 bits per heavy atom. The molecule has 146 valence electrons. The Morgan fingerprint density at radius 3 is 2.62 bits per heavy atom. The summed E-state index contributed by atoms with van der Waals surface area (Å²) in [6, 6.07) is 14.5. The molecule has 0 radical (unpaired) electrons. The summed E-state index contributed by atoms with van der Waals surface area (Å²) in [5.74, 6) is -1.72. The molecular weight excluding hydrogens is 394 g/mol. The molecule has 3 rings (SSSR count). The molecule has 29 heavy (non-hydrogen) atoms. The summed E-state index contributed by atoms with van der Waals surface area (Å²) < 4.78 is 0. The number of hydrogen-bond donors (Lipinski definition) is 4.